The molecule has 0 radical (unpaired) electrons. The second-order valence-corrected chi connectivity index (χ2v) is 6.02. The number of hydrogen-bond donors (Lipinski definition) is 1. The van der Waals surface area contributed by atoms with E-state index in [4.69, 9.17) is 5.11 Å². The second-order valence-electron chi connectivity index (χ2n) is 3.52. The summed E-state index contributed by atoms with van der Waals surface area (Å²) in [5, 5.41) is 9.07. The number of carboxylic acids is 1. The SMILES string of the molecule is Cc1nc(Sc2ccccc2C(=O)O)sc1C. The van der Waals surface area contributed by atoms with Crippen LogP contribution in [0, 0.1) is 13.8 Å². The fourth-order valence-corrected chi connectivity index (χ4v) is 3.54. The van der Waals surface area contributed by atoms with Crippen molar-refractivity contribution in [3.8, 4) is 0 Å². The van der Waals surface area contributed by atoms with Crippen LogP contribution in [0.25, 0.3) is 0 Å². The van der Waals surface area contributed by atoms with E-state index in [1.165, 1.54) is 16.6 Å². The molecule has 88 valence electrons. The highest BCUT2D eigenvalue weighted by Crippen LogP contribution is 2.34. The van der Waals surface area contributed by atoms with E-state index in [0.29, 0.717) is 5.56 Å². The Balaban J connectivity index is 2.33. The van der Waals surface area contributed by atoms with Gasteiger partial charge in [-0.05, 0) is 26.0 Å². The predicted octanol–water partition coefficient (Wildman–Crippen LogP) is 3.61. The van der Waals surface area contributed by atoms with E-state index in [-0.39, 0.29) is 0 Å². The first-order chi connectivity index (χ1) is 8.08. The van der Waals surface area contributed by atoms with Gasteiger partial charge in [0.05, 0.1) is 11.3 Å². The molecular weight excluding hydrogens is 254 g/mol. The van der Waals surface area contributed by atoms with Crippen LogP contribution in [0.5, 0.6) is 0 Å². The highest BCUT2D eigenvalue weighted by atomic mass is 32.2. The maximum Gasteiger partial charge on any atom is 0.336 e. The van der Waals surface area contributed by atoms with Crippen molar-refractivity contribution in [2.24, 2.45) is 0 Å². The molecule has 0 aliphatic carbocycles. The van der Waals surface area contributed by atoms with E-state index < -0.39 is 5.97 Å². The van der Waals surface area contributed by atoms with Crippen LogP contribution in [0.15, 0.2) is 33.5 Å². The third-order valence-corrected chi connectivity index (χ3v) is 4.53. The Morgan fingerprint density at radius 3 is 2.65 bits per heavy atom. The number of hydrogen-bond acceptors (Lipinski definition) is 4. The average Bonchev–Trinajstić information content (AvgIpc) is 2.58. The number of carbonyl (C=O) groups is 1. The van der Waals surface area contributed by atoms with Crippen LogP contribution >= 0.6 is 23.1 Å². The monoisotopic (exact) mass is 265 g/mol. The highest BCUT2D eigenvalue weighted by Gasteiger charge is 2.12. The summed E-state index contributed by atoms with van der Waals surface area (Å²) >= 11 is 2.99. The van der Waals surface area contributed by atoms with Crippen LogP contribution in [0.1, 0.15) is 20.9 Å². The van der Waals surface area contributed by atoms with Crippen molar-refractivity contribution in [3.05, 3.63) is 40.4 Å². The largest absolute Gasteiger partial charge is 0.478 e. The van der Waals surface area contributed by atoms with Gasteiger partial charge in [0.2, 0.25) is 0 Å². The predicted molar refractivity (Wildman–Crippen MR) is 69.1 cm³/mol. The molecule has 0 bridgehead atoms. The lowest BCUT2D eigenvalue weighted by Crippen LogP contribution is -1.97. The third kappa shape index (κ3) is 2.68. The molecule has 3 nitrogen and oxygen atoms in total. The molecule has 1 heterocycles. The Kier molecular flexibility index (Phi) is 3.49. The van der Waals surface area contributed by atoms with Crippen molar-refractivity contribution < 1.29 is 9.90 Å². The number of thiazole rings is 1. The third-order valence-electron chi connectivity index (χ3n) is 2.32. The molecule has 0 spiro atoms. The lowest BCUT2D eigenvalue weighted by Gasteiger charge is -2.02. The molecule has 2 aromatic rings. The zero-order valence-electron chi connectivity index (χ0n) is 9.43. The van der Waals surface area contributed by atoms with Gasteiger partial charge >= 0.3 is 5.97 Å². The van der Waals surface area contributed by atoms with Crippen LogP contribution in [0.2, 0.25) is 0 Å². The first-order valence-electron chi connectivity index (χ1n) is 5.02. The Labute approximate surface area is 108 Å². The summed E-state index contributed by atoms with van der Waals surface area (Å²) in [7, 11) is 0. The van der Waals surface area contributed by atoms with E-state index in [0.717, 1.165) is 14.9 Å². The van der Waals surface area contributed by atoms with Gasteiger partial charge in [0.25, 0.3) is 0 Å². The first-order valence-corrected chi connectivity index (χ1v) is 6.65. The smallest absolute Gasteiger partial charge is 0.336 e. The van der Waals surface area contributed by atoms with Gasteiger partial charge in [0.1, 0.15) is 0 Å². The Morgan fingerprint density at radius 1 is 1.35 bits per heavy atom. The van der Waals surface area contributed by atoms with Gasteiger partial charge in [0, 0.05) is 9.77 Å². The van der Waals surface area contributed by atoms with Gasteiger partial charge in [0.15, 0.2) is 4.34 Å². The van der Waals surface area contributed by atoms with Gasteiger partial charge in [-0.25, -0.2) is 9.78 Å². The lowest BCUT2D eigenvalue weighted by molar-refractivity contribution is 0.0693. The second kappa shape index (κ2) is 4.89. The van der Waals surface area contributed by atoms with E-state index >= 15 is 0 Å². The summed E-state index contributed by atoms with van der Waals surface area (Å²) in [6.07, 6.45) is 0. The normalized spacial score (nSPS) is 10.5. The fourth-order valence-electron chi connectivity index (χ4n) is 1.31. The molecule has 1 N–H and O–H groups in total. The number of aromatic nitrogens is 1. The Bertz CT molecular complexity index is 544. The summed E-state index contributed by atoms with van der Waals surface area (Å²) in [6.45, 7) is 3.97. The molecule has 0 aliphatic rings. The van der Waals surface area contributed by atoms with Crippen LogP contribution < -0.4 is 0 Å². The fraction of sp³-hybridized carbons (Fsp3) is 0.167. The molecule has 5 heteroatoms. The zero-order chi connectivity index (χ0) is 12.4. The Hall–Kier alpha value is -1.33. The van der Waals surface area contributed by atoms with Gasteiger partial charge in [-0.1, -0.05) is 23.9 Å². The Morgan fingerprint density at radius 2 is 2.06 bits per heavy atom. The van der Waals surface area contributed by atoms with Crippen molar-refractivity contribution in [1.29, 1.82) is 0 Å². The molecule has 0 aliphatic heterocycles. The minimum atomic E-state index is -0.905. The van der Waals surface area contributed by atoms with E-state index in [2.05, 4.69) is 4.98 Å². The maximum atomic E-state index is 11.1. The summed E-state index contributed by atoms with van der Waals surface area (Å²) in [5.41, 5.74) is 1.33. The summed E-state index contributed by atoms with van der Waals surface area (Å²) in [5.74, 6) is -0.905. The van der Waals surface area contributed by atoms with Crippen molar-refractivity contribution in [1.82, 2.24) is 4.98 Å². The maximum absolute atomic E-state index is 11.1. The van der Waals surface area contributed by atoms with Crippen molar-refractivity contribution >= 4 is 29.1 Å². The van der Waals surface area contributed by atoms with Crippen LogP contribution in [-0.2, 0) is 0 Å². The van der Waals surface area contributed by atoms with Crippen molar-refractivity contribution in [2.45, 2.75) is 23.1 Å². The summed E-state index contributed by atoms with van der Waals surface area (Å²) in [4.78, 5) is 17.3. The van der Waals surface area contributed by atoms with E-state index in [1.54, 1.807) is 29.5 Å². The number of nitrogens with zero attached hydrogens (tertiary/aromatic N) is 1. The average molecular weight is 265 g/mol. The van der Waals surface area contributed by atoms with E-state index in [9.17, 15) is 4.79 Å². The molecule has 0 saturated heterocycles. The van der Waals surface area contributed by atoms with Crippen LogP contribution in [-0.4, -0.2) is 16.1 Å². The van der Waals surface area contributed by atoms with Crippen molar-refractivity contribution in [3.63, 3.8) is 0 Å². The molecule has 0 unspecified atom stereocenters. The lowest BCUT2D eigenvalue weighted by atomic mass is 10.2. The van der Waals surface area contributed by atoms with Gasteiger partial charge in [-0.15, -0.1) is 11.3 Å². The van der Waals surface area contributed by atoms with Gasteiger partial charge in [-0.2, -0.15) is 0 Å². The highest BCUT2D eigenvalue weighted by molar-refractivity contribution is 8.01. The molecule has 0 amide bonds. The minimum absolute atomic E-state index is 0.322. The molecule has 0 atom stereocenters. The van der Waals surface area contributed by atoms with E-state index in [1.807, 2.05) is 19.9 Å². The number of aromatic carboxylic acids is 1. The summed E-state index contributed by atoms with van der Waals surface area (Å²) in [6, 6.07) is 6.98. The zero-order valence-corrected chi connectivity index (χ0v) is 11.1. The topological polar surface area (TPSA) is 50.2 Å². The van der Waals surface area contributed by atoms with Crippen LogP contribution in [0.3, 0.4) is 0 Å². The molecule has 1 aromatic carbocycles. The standard InChI is InChI=1S/C12H11NO2S2/c1-7-8(2)16-12(13-7)17-10-6-4-3-5-9(10)11(14)15/h3-6H,1-2H3,(H,14,15). The molecule has 0 fully saturated rings. The van der Waals surface area contributed by atoms with Gasteiger partial charge in [-0.3, -0.25) is 0 Å². The number of benzene rings is 1. The molecular formula is C12H11NO2S2. The molecule has 0 saturated carbocycles. The number of rotatable bonds is 3. The minimum Gasteiger partial charge on any atom is -0.478 e. The molecule has 2 rings (SSSR count). The molecule has 17 heavy (non-hydrogen) atoms. The number of aryl methyl sites for hydroxylation is 2. The van der Waals surface area contributed by atoms with Crippen molar-refractivity contribution in [2.75, 3.05) is 0 Å². The van der Waals surface area contributed by atoms with Gasteiger partial charge < -0.3 is 5.11 Å². The summed E-state index contributed by atoms with van der Waals surface area (Å²) < 4.78 is 0.883. The first kappa shape index (κ1) is 12.1. The molecule has 1 aromatic heterocycles. The van der Waals surface area contributed by atoms with Crippen LogP contribution in [0.4, 0.5) is 0 Å². The number of carboxylic acid groups (broad SMARTS) is 1. The quantitative estimate of drug-likeness (QED) is 0.921.